The first kappa shape index (κ1) is 20.7. The van der Waals surface area contributed by atoms with Crippen LogP contribution in [0.15, 0.2) is 24.3 Å². The Labute approximate surface area is 167 Å². The van der Waals surface area contributed by atoms with Gasteiger partial charge in [0.1, 0.15) is 0 Å². The topological polar surface area (TPSA) is 55.1 Å². The maximum absolute atomic E-state index is 12.9. The summed E-state index contributed by atoms with van der Waals surface area (Å²) >= 11 is 1.43. The van der Waals surface area contributed by atoms with Gasteiger partial charge >= 0.3 is 6.18 Å². The molecule has 2 aromatic rings. The number of nitrogen functional groups attached to an aromatic ring is 1. The van der Waals surface area contributed by atoms with E-state index in [1.807, 2.05) is 0 Å². The summed E-state index contributed by atoms with van der Waals surface area (Å²) in [4.78, 5) is 13.9. The molecule has 3 nitrogen and oxygen atoms in total. The molecule has 0 saturated heterocycles. The van der Waals surface area contributed by atoms with Crippen LogP contribution in [0.5, 0.6) is 0 Å². The number of nitrogens with one attached hydrogen (secondary N) is 1. The molecule has 3 N–H and O–H groups in total. The molecule has 1 aliphatic carbocycles. The van der Waals surface area contributed by atoms with E-state index in [0.29, 0.717) is 16.5 Å². The van der Waals surface area contributed by atoms with Crippen molar-refractivity contribution in [3.8, 4) is 0 Å². The third-order valence-corrected chi connectivity index (χ3v) is 7.07. The molecule has 0 fully saturated rings. The zero-order chi connectivity index (χ0) is 20.7. The number of halogens is 3. The van der Waals surface area contributed by atoms with Crippen LogP contribution in [0.3, 0.4) is 0 Å². The lowest BCUT2D eigenvalue weighted by atomic mass is 9.69. The van der Waals surface area contributed by atoms with Gasteiger partial charge in [-0.25, -0.2) is 0 Å². The van der Waals surface area contributed by atoms with Gasteiger partial charge in [-0.3, -0.25) is 4.79 Å². The van der Waals surface area contributed by atoms with Gasteiger partial charge < -0.3 is 11.1 Å². The average molecular weight is 411 g/mol. The standard InChI is InChI=1S/C21H25F3N2OS/c1-4-20(2,3)12-8-9-15-16(11-12)28-18(25)17(15)19(27)26-14-7-5-6-13(10-14)21(22,23)24/h5-7,10,12H,4,8-9,11,25H2,1-3H3,(H,26,27)/t12-/m0/s1. The molecule has 0 saturated carbocycles. The molecule has 1 aliphatic rings. The van der Waals surface area contributed by atoms with Gasteiger partial charge in [0.15, 0.2) is 0 Å². The molecular weight excluding hydrogens is 385 g/mol. The number of amides is 1. The van der Waals surface area contributed by atoms with Crippen LogP contribution in [0.1, 0.15) is 60.0 Å². The van der Waals surface area contributed by atoms with Crippen molar-refractivity contribution in [3.05, 3.63) is 45.8 Å². The molecule has 0 bridgehead atoms. The summed E-state index contributed by atoms with van der Waals surface area (Å²) in [7, 11) is 0. The van der Waals surface area contributed by atoms with Gasteiger partial charge in [-0.05, 0) is 54.4 Å². The smallest absolute Gasteiger partial charge is 0.390 e. The SMILES string of the molecule is CCC(C)(C)[C@H]1CCc2c(sc(N)c2C(=O)Nc2cccc(C(F)(F)F)c2)C1. The lowest BCUT2D eigenvalue weighted by molar-refractivity contribution is -0.137. The Morgan fingerprint density at radius 2 is 2.04 bits per heavy atom. The fraction of sp³-hybridized carbons (Fsp3) is 0.476. The molecule has 0 unspecified atom stereocenters. The number of hydrogen-bond acceptors (Lipinski definition) is 3. The van der Waals surface area contributed by atoms with E-state index in [1.165, 1.54) is 23.5 Å². The molecule has 1 heterocycles. The van der Waals surface area contributed by atoms with E-state index in [4.69, 9.17) is 5.73 Å². The van der Waals surface area contributed by atoms with Crippen LogP contribution in [-0.2, 0) is 19.0 Å². The van der Waals surface area contributed by atoms with Crippen LogP contribution in [0, 0.1) is 11.3 Å². The third kappa shape index (κ3) is 4.04. The molecule has 1 amide bonds. The number of rotatable bonds is 4. The number of anilines is 2. The van der Waals surface area contributed by atoms with Crippen molar-refractivity contribution in [2.75, 3.05) is 11.1 Å². The molecule has 3 rings (SSSR count). The maximum atomic E-state index is 12.9. The van der Waals surface area contributed by atoms with Crippen molar-refractivity contribution in [2.45, 2.75) is 52.6 Å². The summed E-state index contributed by atoms with van der Waals surface area (Å²) in [6.45, 7) is 6.72. The van der Waals surface area contributed by atoms with Crippen LogP contribution in [0.4, 0.5) is 23.9 Å². The maximum Gasteiger partial charge on any atom is 0.416 e. The molecule has 28 heavy (non-hydrogen) atoms. The van der Waals surface area contributed by atoms with Crippen LogP contribution in [0.25, 0.3) is 0 Å². The molecule has 0 aliphatic heterocycles. The van der Waals surface area contributed by atoms with Crippen LogP contribution in [-0.4, -0.2) is 5.91 Å². The van der Waals surface area contributed by atoms with Gasteiger partial charge in [0.2, 0.25) is 0 Å². The number of carbonyl (C=O) groups excluding carboxylic acids is 1. The number of benzene rings is 1. The first-order valence-electron chi connectivity index (χ1n) is 9.41. The molecule has 7 heteroatoms. The number of carbonyl (C=O) groups is 1. The molecule has 152 valence electrons. The van der Waals surface area contributed by atoms with Crippen molar-refractivity contribution in [1.82, 2.24) is 0 Å². The number of hydrogen-bond donors (Lipinski definition) is 2. The largest absolute Gasteiger partial charge is 0.416 e. The molecule has 1 atom stereocenters. The van der Waals surface area contributed by atoms with Crippen LogP contribution in [0.2, 0.25) is 0 Å². The van der Waals surface area contributed by atoms with E-state index in [2.05, 4.69) is 26.1 Å². The average Bonchev–Trinajstić information content (AvgIpc) is 2.96. The second-order valence-corrected chi connectivity index (χ2v) is 9.19. The van der Waals surface area contributed by atoms with Gasteiger partial charge in [0, 0.05) is 10.6 Å². The Hall–Kier alpha value is -2.02. The van der Waals surface area contributed by atoms with Crippen molar-refractivity contribution in [1.29, 1.82) is 0 Å². The Kier molecular flexibility index (Phi) is 5.49. The van der Waals surface area contributed by atoms with Crippen LogP contribution >= 0.6 is 11.3 Å². The van der Waals surface area contributed by atoms with Crippen molar-refractivity contribution in [3.63, 3.8) is 0 Å². The zero-order valence-corrected chi connectivity index (χ0v) is 17.1. The van der Waals surface area contributed by atoms with Crippen LogP contribution < -0.4 is 11.1 Å². The minimum absolute atomic E-state index is 0.111. The first-order chi connectivity index (χ1) is 13.0. The van der Waals surface area contributed by atoms with Gasteiger partial charge in [-0.1, -0.05) is 33.3 Å². The highest BCUT2D eigenvalue weighted by Gasteiger charge is 2.35. The second kappa shape index (κ2) is 7.43. The highest BCUT2D eigenvalue weighted by molar-refractivity contribution is 7.16. The van der Waals surface area contributed by atoms with Crippen molar-refractivity contribution >= 4 is 27.9 Å². The molecule has 1 aromatic heterocycles. The second-order valence-electron chi connectivity index (χ2n) is 8.06. The quantitative estimate of drug-likeness (QED) is 0.636. The van der Waals surface area contributed by atoms with Gasteiger partial charge in [0.05, 0.1) is 16.1 Å². The summed E-state index contributed by atoms with van der Waals surface area (Å²) in [5.41, 5.74) is 7.05. The van der Waals surface area contributed by atoms with E-state index in [-0.39, 0.29) is 11.1 Å². The fourth-order valence-electron chi connectivity index (χ4n) is 3.78. The minimum Gasteiger partial charge on any atom is -0.390 e. The summed E-state index contributed by atoms with van der Waals surface area (Å²) < 4.78 is 38.7. The van der Waals surface area contributed by atoms with Crippen molar-refractivity contribution < 1.29 is 18.0 Å². The van der Waals surface area contributed by atoms with Gasteiger partial charge in [0.25, 0.3) is 5.91 Å². The summed E-state index contributed by atoms with van der Waals surface area (Å²) in [6.07, 6.45) is -0.739. The normalized spacial score (nSPS) is 17.3. The van der Waals surface area contributed by atoms with E-state index < -0.39 is 17.6 Å². The lowest BCUT2D eigenvalue weighted by Crippen LogP contribution is -2.29. The van der Waals surface area contributed by atoms with E-state index in [1.54, 1.807) is 0 Å². The fourth-order valence-corrected chi connectivity index (χ4v) is 4.97. The number of thiophene rings is 1. The predicted octanol–water partition coefficient (Wildman–Crippen LogP) is 6.14. The Morgan fingerprint density at radius 1 is 1.32 bits per heavy atom. The van der Waals surface area contributed by atoms with E-state index >= 15 is 0 Å². The molecule has 0 spiro atoms. The first-order valence-corrected chi connectivity index (χ1v) is 10.2. The summed E-state index contributed by atoms with van der Waals surface area (Å²) in [5, 5.41) is 3.02. The minimum atomic E-state index is -4.46. The summed E-state index contributed by atoms with van der Waals surface area (Å²) in [5.74, 6) is 0.0879. The summed E-state index contributed by atoms with van der Waals surface area (Å²) in [6, 6.07) is 4.64. The Morgan fingerprint density at radius 3 is 2.68 bits per heavy atom. The van der Waals surface area contributed by atoms with Gasteiger partial charge in [-0.15, -0.1) is 11.3 Å². The highest BCUT2D eigenvalue weighted by Crippen LogP contribution is 2.44. The third-order valence-electron chi connectivity index (χ3n) is 5.98. The highest BCUT2D eigenvalue weighted by atomic mass is 32.1. The lowest BCUT2D eigenvalue weighted by Gasteiger charge is -2.36. The Bertz CT molecular complexity index is 886. The molecule has 0 radical (unpaired) electrons. The van der Waals surface area contributed by atoms with E-state index in [0.717, 1.165) is 48.3 Å². The van der Waals surface area contributed by atoms with Gasteiger partial charge in [-0.2, -0.15) is 13.2 Å². The van der Waals surface area contributed by atoms with E-state index in [9.17, 15) is 18.0 Å². The predicted molar refractivity (Wildman–Crippen MR) is 108 cm³/mol. The molecule has 1 aromatic carbocycles. The number of fused-ring (bicyclic) bond motifs is 1. The monoisotopic (exact) mass is 410 g/mol. The number of nitrogens with two attached hydrogens (primary N) is 1. The zero-order valence-electron chi connectivity index (χ0n) is 16.2. The van der Waals surface area contributed by atoms with Crippen molar-refractivity contribution in [2.24, 2.45) is 11.3 Å². The number of alkyl halides is 3. The molecular formula is C21H25F3N2OS. The Balaban J connectivity index is 1.83.